The van der Waals surface area contributed by atoms with Crippen molar-refractivity contribution in [2.75, 3.05) is 20.2 Å². The van der Waals surface area contributed by atoms with E-state index in [9.17, 15) is 5.11 Å². The largest absolute Gasteiger partial charge is 0.508 e. The van der Waals surface area contributed by atoms with Crippen molar-refractivity contribution < 1.29 is 9.84 Å². The fourth-order valence-corrected chi connectivity index (χ4v) is 2.70. The van der Waals surface area contributed by atoms with E-state index >= 15 is 0 Å². The third-order valence-corrected chi connectivity index (χ3v) is 4.10. The Morgan fingerprint density at radius 2 is 2.00 bits per heavy atom. The zero-order valence-corrected chi connectivity index (χ0v) is 11.5. The molecule has 0 bridgehead atoms. The van der Waals surface area contributed by atoms with E-state index in [0.29, 0.717) is 11.8 Å². The maximum Gasteiger partial charge on any atom is 0.115 e. The van der Waals surface area contributed by atoms with Gasteiger partial charge in [-0.2, -0.15) is 0 Å². The number of hydrogen-bond acceptors (Lipinski definition) is 3. The molecule has 100 valence electrons. The molecule has 0 saturated carbocycles. The number of methoxy groups -OCH3 is 1. The molecular weight excluding hydrogens is 226 g/mol. The van der Waals surface area contributed by atoms with Gasteiger partial charge in [0.15, 0.2) is 0 Å². The Hall–Kier alpha value is -1.06. The molecule has 1 saturated heterocycles. The van der Waals surface area contributed by atoms with Crippen molar-refractivity contribution in [1.82, 2.24) is 4.90 Å². The first-order valence-corrected chi connectivity index (χ1v) is 6.62. The number of ether oxygens (including phenoxy) is 1. The summed E-state index contributed by atoms with van der Waals surface area (Å²) in [7, 11) is 1.80. The second-order valence-electron chi connectivity index (χ2n) is 5.50. The first-order chi connectivity index (χ1) is 8.54. The van der Waals surface area contributed by atoms with Gasteiger partial charge in [0.2, 0.25) is 0 Å². The molecule has 3 nitrogen and oxygen atoms in total. The van der Waals surface area contributed by atoms with E-state index in [0.717, 1.165) is 19.5 Å². The second-order valence-corrected chi connectivity index (χ2v) is 5.50. The molecule has 2 rings (SSSR count). The summed E-state index contributed by atoms with van der Waals surface area (Å²) in [5, 5.41) is 9.34. The van der Waals surface area contributed by atoms with Crippen LogP contribution in [0.1, 0.15) is 38.3 Å². The molecule has 1 N–H and O–H groups in total. The highest BCUT2D eigenvalue weighted by molar-refractivity contribution is 5.27. The molecule has 1 aliphatic rings. The molecule has 0 radical (unpaired) electrons. The third kappa shape index (κ3) is 2.85. The lowest BCUT2D eigenvalue weighted by atomic mass is 9.92. The van der Waals surface area contributed by atoms with Gasteiger partial charge in [0.05, 0.1) is 5.60 Å². The Balaban J connectivity index is 2.09. The summed E-state index contributed by atoms with van der Waals surface area (Å²) in [5.74, 6) is 0.325. The first-order valence-electron chi connectivity index (χ1n) is 6.62. The normalized spacial score (nSPS) is 27.1. The lowest BCUT2D eigenvalue weighted by Gasteiger charge is -2.42. The van der Waals surface area contributed by atoms with Crippen molar-refractivity contribution >= 4 is 0 Å². The number of rotatable bonds is 3. The smallest absolute Gasteiger partial charge is 0.115 e. The number of aromatic hydroxyl groups is 1. The number of benzene rings is 1. The molecule has 1 fully saturated rings. The lowest BCUT2D eigenvalue weighted by Crippen LogP contribution is -2.48. The molecular formula is C15H23NO2. The van der Waals surface area contributed by atoms with Gasteiger partial charge in [-0.1, -0.05) is 12.1 Å². The van der Waals surface area contributed by atoms with E-state index in [1.54, 1.807) is 19.2 Å². The van der Waals surface area contributed by atoms with Crippen LogP contribution in [0.2, 0.25) is 0 Å². The van der Waals surface area contributed by atoms with E-state index < -0.39 is 0 Å². The SMILES string of the molecule is COC1(C)CCCN(C(C)c2ccc(O)cc2)C1. The molecule has 1 aliphatic heterocycles. The minimum Gasteiger partial charge on any atom is -0.508 e. The summed E-state index contributed by atoms with van der Waals surface area (Å²) in [4.78, 5) is 2.46. The first kappa shape index (κ1) is 13.4. The van der Waals surface area contributed by atoms with E-state index in [-0.39, 0.29) is 5.60 Å². The molecule has 0 aliphatic carbocycles. The van der Waals surface area contributed by atoms with Crippen LogP contribution >= 0.6 is 0 Å². The minimum atomic E-state index is -0.0244. The maximum absolute atomic E-state index is 9.34. The van der Waals surface area contributed by atoms with Crippen LogP contribution in [-0.2, 0) is 4.74 Å². The van der Waals surface area contributed by atoms with Gasteiger partial charge in [-0.15, -0.1) is 0 Å². The van der Waals surface area contributed by atoms with Gasteiger partial charge in [0, 0.05) is 19.7 Å². The highest BCUT2D eigenvalue weighted by atomic mass is 16.5. The topological polar surface area (TPSA) is 32.7 Å². The Kier molecular flexibility index (Phi) is 3.93. The molecule has 0 aromatic heterocycles. The number of hydrogen-bond donors (Lipinski definition) is 1. The number of likely N-dealkylation sites (tertiary alicyclic amines) is 1. The van der Waals surface area contributed by atoms with Gasteiger partial charge in [0.25, 0.3) is 0 Å². The Bertz CT molecular complexity index is 390. The van der Waals surface area contributed by atoms with Gasteiger partial charge in [0.1, 0.15) is 5.75 Å². The Labute approximate surface area is 109 Å². The molecule has 0 amide bonds. The molecule has 1 aromatic rings. The summed E-state index contributed by atoms with van der Waals surface area (Å²) in [6.45, 7) is 6.48. The molecule has 18 heavy (non-hydrogen) atoms. The van der Waals surface area contributed by atoms with Crippen molar-refractivity contribution in [2.24, 2.45) is 0 Å². The summed E-state index contributed by atoms with van der Waals surface area (Å²) >= 11 is 0. The fourth-order valence-electron chi connectivity index (χ4n) is 2.70. The molecule has 2 unspecified atom stereocenters. The number of nitrogens with zero attached hydrogens (tertiary/aromatic N) is 1. The van der Waals surface area contributed by atoms with Crippen molar-refractivity contribution in [3.63, 3.8) is 0 Å². The van der Waals surface area contributed by atoms with Crippen LogP contribution in [0.15, 0.2) is 24.3 Å². The molecule has 2 atom stereocenters. The van der Waals surface area contributed by atoms with E-state index in [4.69, 9.17) is 4.74 Å². The van der Waals surface area contributed by atoms with Crippen LogP contribution < -0.4 is 0 Å². The molecule has 0 spiro atoms. The second kappa shape index (κ2) is 5.29. The van der Waals surface area contributed by atoms with E-state index in [1.165, 1.54) is 12.0 Å². The minimum absolute atomic E-state index is 0.0244. The van der Waals surface area contributed by atoms with E-state index in [1.807, 2.05) is 12.1 Å². The lowest BCUT2D eigenvalue weighted by molar-refractivity contribution is -0.0599. The zero-order chi connectivity index (χ0) is 13.2. The van der Waals surface area contributed by atoms with Gasteiger partial charge in [-0.3, -0.25) is 4.90 Å². The van der Waals surface area contributed by atoms with Crippen LogP contribution in [-0.4, -0.2) is 35.8 Å². The summed E-state index contributed by atoms with van der Waals surface area (Å²) < 4.78 is 5.63. The predicted molar refractivity (Wildman–Crippen MR) is 72.7 cm³/mol. The molecule has 3 heteroatoms. The molecule has 1 aromatic carbocycles. The Morgan fingerprint density at radius 1 is 1.33 bits per heavy atom. The van der Waals surface area contributed by atoms with Crippen LogP contribution in [0.5, 0.6) is 5.75 Å². The average molecular weight is 249 g/mol. The van der Waals surface area contributed by atoms with Crippen molar-refractivity contribution in [3.8, 4) is 5.75 Å². The highest BCUT2D eigenvalue weighted by Crippen LogP contribution is 2.30. The van der Waals surface area contributed by atoms with Crippen LogP contribution in [0, 0.1) is 0 Å². The standard InChI is InChI=1S/C15H23NO2/c1-12(13-5-7-14(17)8-6-13)16-10-4-9-15(2,11-16)18-3/h5-8,12,17H,4,9-11H2,1-3H3. The van der Waals surface area contributed by atoms with Crippen LogP contribution in [0.25, 0.3) is 0 Å². The van der Waals surface area contributed by atoms with Gasteiger partial charge >= 0.3 is 0 Å². The zero-order valence-electron chi connectivity index (χ0n) is 11.5. The average Bonchev–Trinajstić information content (AvgIpc) is 2.39. The monoisotopic (exact) mass is 249 g/mol. The highest BCUT2D eigenvalue weighted by Gasteiger charge is 2.32. The molecule has 1 heterocycles. The third-order valence-electron chi connectivity index (χ3n) is 4.10. The van der Waals surface area contributed by atoms with E-state index in [2.05, 4.69) is 18.7 Å². The summed E-state index contributed by atoms with van der Waals surface area (Å²) in [5.41, 5.74) is 1.22. The summed E-state index contributed by atoms with van der Waals surface area (Å²) in [6.07, 6.45) is 2.30. The van der Waals surface area contributed by atoms with Crippen molar-refractivity contribution in [2.45, 2.75) is 38.3 Å². The predicted octanol–water partition coefficient (Wildman–Crippen LogP) is 2.95. The van der Waals surface area contributed by atoms with Crippen molar-refractivity contribution in [3.05, 3.63) is 29.8 Å². The van der Waals surface area contributed by atoms with Gasteiger partial charge in [-0.25, -0.2) is 0 Å². The van der Waals surface area contributed by atoms with Gasteiger partial charge in [-0.05, 0) is 50.9 Å². The number of piperidine rings is 1. The summed E-state index contributed by atoms with van der Waals surface area (Å²) in [6, 6.07) is 7.87. The quantitative estimate of drug-likeness (QED) is 0.894. The van der Waals surface area contributed by atoms with Crippen molar-refractivity contribution in [1.29, 1.82) is 0 Å². The Morgan fingerprint density at radius 3 is 2.61 bits per heavy atom. The van der Waals surface area contributed by atoms with Crippen LogP contribution in [0.4, 0.5) is 0 Å². The number of phenols is 1. The van der Waals surface area contributed by atoms with Crippen LogP contribution in [0.3, 0.4) is 0 Å². The number of phenolic OH excluding ortho intramolecular Hbond substituents is 1. The maximum atomic E-state index is 9.34. The van der Waals surface area contributed by atoms with Gasteiger partial charge < -0.3 is 9.84 Å². The fraction of sp³-hybridized carbons (Fsp3) is 0.600.